The first-order chi connectivity index (χ1) is 13.8. The summed E-state index contributed by atoms with van der Waals surface area (Å²) in [5, 5.41) is 0. The van der Waals surface area contributed by atoms with Crippen molar-refractivity contribution < 1.29 is 8.78 Å². The van der Waals surface area contributed by atoms with Crippen LogP contribution in [0.3, 0.4) is 0 Å². The van der Waals surface area contributed by atoms with Crippen LogP contribution in [0.1, 0.15) is 43.2 Å². The highest BCUT2D eigenvalue weighted by Crippen LogP contribution is 2.20. The highest BCUT2D eigenvalue weighted by Gasteiger charge is 2.20. The Labute approximate surface area is 172 Å². The van der Waals surface area contributed by atoms with E-state index in [1.54, 1.807) is 0 Å². The Morgan fingerprint density at radius 2 is 1.59 bits per heavy atom. The molecule has 1 atom stereocenters. The van der Waals surface area contributed by atoms with E-state index in [9.17, 15) is 8.78 Å². The second-order valence-corrected chi connectivity index (χ2v) is 8.28. The van der Waals surface area contributed by atoms with Gasteiger partial charge in [0.25, 0.3) is 0 Å². The van der Waals surface area contributed by atoms with Crippen molar-refractivity contribution in [2.24, 2.45) is 5.92 Å². The molecule has 0 fully saturated rings. The van der Waals surface area contributed by atoms with E-state index in [2.05, 4.69) is 79.8 Å². The average molecular weight is 397 g/mol. The van der Waals surface area contributed by atoms with Gasteiger partial charge < -0.3 is 4.57 Å². The number of aromatic nitrogens is 1. The maximum atomic E-state index is 13.7. The fraction of sp³-hybridized carbons (Fsp3) is 0.360. The number of benzene rings is 2. The molecule has 0 saturated heterocycles. The van der Waals surface area contributed by atoms with Gasteiger partial charge in [0, 0.05) is 43.6 Å². The second kappa shape index (κ2) is 9.36. The summed E-state index contributed by atoms with van der Waals surface area (Å²) in [7, 11) is 0. The van der Waals surface area contributed by atoms with E-state index in [0.29, 0.717) is 18.0 Å². The van der Waals surface area contributed by atoms with Crippen LogP contribution in [0.4, 0.5) is 8.78 Å². The van der Waals surface area contributed by atoms with Crippen LogP contribution >= 0.6 is 0 Å². The molecule has 154 valence electrons. The van der Waals surface area contributed by atoms with E-state index in [1.807, 2.05) is 0 Å². The fourth-order valence-electron chi connectivity index (χ4n) is 3.66. The van der Waals surface area contributed by atoms with E-state index in [-0.39, 0.29) is 6.04 Å². The predicted molar refractivity (Wildman–Crippen MR) is 115 cm³/mol. The molecule has 2 aromatic carbocycles. The van der Waals surface area contributed by atoms with Crippen molar-refractivity contribution in [3.05, 3.63) is 94.8 Å². The van der Waals surface area contributed by atoms with Crippen LogP contribution in [-0.2, 0) is 19.6 Å². The largest absolute Gasteiger partial charge is 0.346 e. The minimum atomic E-state index is -0.528. The summed E-state index contributed by atoms with van der Waals surface area (Å²) in [5.74, 6) is -0.631. The SMILES string of the molecule is Cc1cccc(Cn2cccc2CN(Cc2cc(F)cc(F)c2)[C@H](C)C(C)C)c1. The molecule has 0 bridgehead atoms. The molecule has 0 N–H and O–H groups in total. The lowest BCUT2D eigenvalue weighted by Gasteiger charge is -2.32. The number of hydrogen-bond donors (Lipinski definition) is 0. The third-order valence-electron chi connectivity index (χ3n) is 5.57. The van der Waals surface area contributed by atoms with Crippen molar-refractivity contribution in [1.82, 2.24) is 9.47 Å². The lowest BCUT2D eigenvalue weighted by Crippen LogP contribution is -2.36. The zero-order valence-electron chi connectivity index (χ0n) is 17.7. The third kappa shape index (κ3) is 5.77. The molecule has 0 spiro atoms. The zero-order chi connectivity index (χ0) is 21.0. The van der Waals surface area contributed by atoms with E-state index < -0.39 is 11.6 Å². The molecule has 3 aromatic rings. The minimum Gasteiger partial charge on any atom is -0.346 e. The molecule has 4 heteroatoms. The maximum Gasteiger partial charge on any atom is 0.126 e. The predicted octanol–water partition coefficient (Wildman–Crippen LogP) is 6.17. The van der Waals surface area contributed by atoms with Gasteiger partial charge in [-0.3, -0.25) is 4.90 Å². The molecule has 29 heavy (non-hydrogen) atoms. The first-order valence-electron chi connectivity index (χ1n) is 10.2. The van der Waals surface area contributed by atoms with Crippen LogP contribution in [-0.4, -0.2) is 15.5 Å². The Morgan fingerprint density at radius 1 is 0.862 bits per heavy atom. The van der Waals surface area contributed by atoms with Crippen molar-refractivity contribution >= 4 is 0 Å². The van der Waals surface area contributed by atoms with Gasteiger partial charge in [0.15, 0.2) is 0 Å². The van der Waals surface area contributed by atoms with Crippen LogP contribution in [0.5, 0.6) is 0 Å². The van der Waals surface area contributed by atoms with Crippen molar-refractivity contribution in [2.75, 3.05) is 0 Å². The van der Waals surface area contributed by atoms with Gasteiger partial charge in [-0.2, -0.15) is 0 Å². The number of rotatable bonds is 8. The monoisotopic (exact) mass is 396 g/mol. The van der Waals surface area contributed by atoms with E-state index in [1.165, 1.54) is 29.0 Å². The molecule has 1 aromatic heterocycles. The summed E-state index contributed by atoms with van der Waals surface area (Å²) in [6.45, 7) is 10.7. The van der Waals surface area contributed by atoms with Gasteiger partial charge in [0.1, 0.15) is 11.6 Å². The number of halogens is 2. The van der Waals surface area contributed by atoms with Crippen LogP contribution in [0.15, 0.2) is 60.8 Å². The second-order valence-electron chi connectivity index (χ2n) is 8.28. The number of nitrogens with zero attached hydrogens (tertiary/aromatic N) is 2. The van der Waals surface area contributed by atoms with Crippen LogP contribution in [0, 0.1) is 24.5 Å². The summed E-state index contributed by atoms with van der Waals surface area (Å²) >= 11 is 0. The smallest absolute Gasteiger partial charge is 0.126 e. The number of hydrogen-bond acceptors (Lipinski definition) is 1. The summed E-state index contributed by atoms with van der Waals surface area (Å²) in [5.41, 5.74) is 4.36. The fourth-order valence-corrected chi connectivity index (χ4v) is 3.66. The van der Waals surface area contributed by atoms with Crippen LogP contribution in [0.25, 0.3) is 0 Å². The van der Waals surface area contributed by atoms with Crippen molar-refractivity contribution in [3.8, 4) is 0 Å². The zero-order valence-corrected chi connectivity index (χ0v) is 17.7. The molecule has 2 nitrogen and oxygen atoms in total. The summed E-state index contributed by atoms with van der Waals surface area (Å²) in [6.07, 6.45) is 2.09. The summed E-state index contributed by atoms with van der Waals surface area (Å²) < 4.78 is 29.6. The highest BCUT2D eigenvalue weighted by molar-refractivity contribution is 5.24. The van der Waals surface area contributed by atoms with Crippen molar-refractivity contribution in [3.63, 3.8) is 0 Å². The standard InChI is InChI=1S/C25H30F2N2/c1-18(2)20(4)29(16-22-12-23(26)14-24(27)13-22)17-25-9-6-10-28(25)15-21-8-5-7-19(3)11-21/h5-14,18,20H,15-17H2,1-4H3/t20-/m1/s1. The van der Waals surface area contributed by atoms with Crippen molar-refractivity contribution in [2.45, 2.75) is 53.4 Å². The Morgan fingerprint density at radius 3 is 2.24 bits per heavy atom. The minimum absolute atomic E-state index is 0.267. The molecule has 3 rings (SSSR count). The van der Waals surface area contributed by atoms with Gasteiger partial charge >= 0.3 is 0 Å². The Hall–Kier alpha value is -2.46. The quantitative estimate of drug-likeness (QED) is 0.442. The third-order valence-corrected chi connectivity index (χ3v) is 5.57. The molecule has 0 unspecified atom stereocenters. The average Bonchev–Trinajstić information content (AvgIpc) is 3.06. The molecule has 1 heterocycles. The lowest BCUT2D eigenvalue weighted by molar-refractivity contribution is 0.148. The Bertz CT molecular complexity index is 925. The van der Waals surface area contributed by atoms with Gasteiger partial charge in [0.2, 0.25) is 0 Å². The molecule has 0 saturated carbocycles. The maximum absolute atomic E-state index is 13.7. The molecule has 0 aliphatic heterocycles. The molecular weight excluding hydrogens is 366 g/mol. The van der Waals surface area contributed by atoms with Gasteiger partial charge in [-0.25, -0.2) is 8.78 Å². The highest BCUT2D eigenvalue weighted by atomic mass is 19.1. The van der Waals surface area contributed by atoms with E-state index >= 15 is 0 Å². The Kier molecular flexibility index (Phi) is 6.86. The van der Waals surface area contributed by atoms with Gasteiger partial charge in [0.05, 0.1) is 0 Å². The van der Waals surface area contributed by atoms with Crippen LogP contribution < -0.4 is 0 Å². The van der Waals surface area contributed by atoms with Gasteiger partial charge in [-0.1, -0.05) is 43.7 Å². The number of aryl methyl sites for hydroxylation is 1. The summed E-state index contributed by atoms with van der Waals surface area (Å²) in [6, 6.07) is 16.8. The normalized spacial score (nSPS) is 12.7. The first-order valence-corrected chi connectivity index (χ1v) is 10.2. The van der Waals surface area contributed by atoms with E-state index in [4.69, 9.17) is 0 Å². The molecule has 0 amide bonds. The first kappa shape index (κ1) is 21.3. The topological polar surface area (TPSA) is 8.17 Å². The van der Waals surface area contributed by atoms with Crippen molar-refractivity contribution in [1.29, 1.82) is 0 Å². The van der Waals surface area contributed by atoms with Crippen LogP contribution in [0.2, 0.25) is 0 Å². The summed E-state index contributed by atoms with van der Waals surface area (Å²) in [4.78, 5) is 2.29. The molecule has 0 aliphatic rings. The van der Waals surface area contributed by atoms with Gasteiger partial charge in [-0.05, 0) is 55.2 Å². The molecule has 0 radical (unpaired) electrons. The lowest BCUT2D eigenvalue weighted by atomic mass is 10.0. The molecule has 0 aliphatic carbocycles. The molecular formula is C25H30F2N2. The van der Waals surface area contributed by atoms with E-state index in [0.717, 1.165) is 19.2 Å². The van der Waals surface area contributed by atoms with Gasteiger partial charge in [-0.15, -0.1) is 0 Å². The Balaban J connectivity index is 1.82.